The highest BCUT2D eigenvalue weighted by Crippen LogP contribution is 2.36. The van der Waals surface area contributed by atoms with E-state index in [0.29, 0.717) is 45.4 Å². The second-order valence-corrected chi connectivity index (χ2v) is 23.0. The number of aliphatic hydroxyl groups excluding tert-OH is 1. The van der Waals surface area contributed by atoms with Gasteiger partial charge in [-0.15, -0.1) is 0 Å². The van der Waals surface area contributed by atoms with Gasteiger partial charge in [-0.25, -0.2) is 23.4 Å². The number of hydrogen-bond donors (Lipinski definition) is 5. The van der Waals surface area contributed by atoms with Crippen LogP contribution in [0, 0.1) is 0 Å². The van der Waals surface area contributed by atoms with Gasteiger partial charge in [-0.1, -0.05) is 133 Å². The number of aromatic amines is 2. The van der Waals surface area contributed by atoms with Crippen LogP contribution in [0.25, 0.3) is 103 Å². The molecular weight excluding hydrogens is 1230 g/mol. The molecular formula is C71H55F9N8O4S. The van der Waals surface area contributed by atoms with E-state index in [0.717, 1.165) is 115 Å². The number of benzene rings is 9. The zero-order valence-electron chi connectivity index (χ0n) is 49.5. The summed E-state index contributed by atoms with van der Waals surface area (Å²) in [5, 5.41) is 12.4. The second kappa shape index (κ2) is 27.3. The molecule has 12 aromatic rings. The van der Waals surface area contributed by atoms with Crippen LogP contribution in [0.4, 0.5) is 50.9 Å². The molecule has 0 aliphatic rings. The number of nitrogens with zero attached hydrogens (tertiary/aromatic N) is 4. The van der Waals surface area contributed by atoms with Gasteiger partial charge in [0.25, 0.3) is 0 Å². The van der Waals surface area contributed by atoms with Crippen LogP contribution >= 0.6 is 0 Å². The number of fused-ring (bicyclic) bond motifs is 3. The molecule has 0 unspecified atom stereocenters. The van der Waals surface area contributed by atoms with E-state index in [1.165, 1.54) is 43.3 Å². The minimum atomic E-state index is -4.37. The predicted molar refractivity (Wildman–Crippen MR) is 349 cm³/mol. The first-order valence-electron chi connectivity index (χ1n) is 28.4. The van der Waals surface area contributed by atoms with Gasteiger partial charge in [0.2, 0.25) is 15.9 Å². The van der Waals surface area contributed by atoms with Gasteiger partial charge in [-0.2, -0.15) is 39.5 Å². The van der Waals surface area contributed by atoms with E-state index in [4.69, 9.17) is 0 Å². The molecule has 0 saturated carbocycles. The lowest BCUT2D eigenvalue weighted by Crippen LogP contribution is -2.10. The van der Waals surface area contributed by atoms with Crippen LogP contribution in [0.1, 0.15) is 63.3 Å². The van der Waals surface area contributed by atoms with Gasteiger partial charge in [0.05, 0.1) is 68.3 Å². The van der Waals surface area contributed by atoms with Crippen molar-refractivity contribution >= 4 is 96.9 Å². The fraction of sp³-hybridized carbons (Fsp3) is 0.0986. The molecule has 0 aliphatic heterocycles. The van der Waals surface area contributed by atoms with Crippen LogP contribution in [-0.2, 0) is 47.0 Å². The Morgan fingerprint density at radius 1 is 0.495 bits per heavy atom. The number of aryl methyl sites for hydroxylation is 1. The van der Waals surface area contributed by atoms with Crippen molar-refractivity contribution in [3.05, 3.63) is 257 Å². The highest BCUT2D eigenvalue weighted by atomic mass is 32.2. The summed E-state index contributed by atoms with van der Waals surface area (Å²) in [6, 6.07) is 54.2. The van der Waals surface area contributed by atoms with E-state index >= 15 is 0 Å². The monoisotopic (exact) mass is 1290 g/mol. The lowest BCUT2D eigenvalue weighted by molar-refractivity contribution is -0.138. The van der Waals surface area contributed by atoms with Gasteiger partial charge < -0.3 is 25.0 Å². The van der Waals surface area contributed by atoms with Crippen molar-refractivity contribution in [2.24, 2.45) is 7.05 Å². The zero-order valence-corrected chi connectivity index (χ0v) is 50.3. The number of aliphatic hydroxyl groups is 1. The van der Waals surface area contributed by atoms with Crippen molar-refractivity contribution in [2.75, 3.05) is 16.3 Å². The molecule has 0 atom stereocenters. The average Bonchev–Trinajstić information content (AvgIpc) is 1.72. The third-order valence-electron chi connectivity index (χ3n) is 14.5. The average molecular weight is 1290 g/mol. The quantitative estimate of drug-likeness (QED) is 0.0715. The first-order valence-corrected chi connectivity index (χ1v) is 30.3. The number of imidazole rings is 3. The lowest BCUT2D eigenvalue weighted by atomic mass is 10.00. The fourth-order valence-electron chi connectivity index (χ4n) is 9.95. The number of anilines is 2. The molecule has 12 rings (SSSR count). The first kappa shape index (κ1) is 65.1. The summed E-state index contributed by atoms with van der Waals surface area (Å²) < 4.78 is 142. The molecule has 0 radical (unpaired) electrons. The van der Waals surface area contributed by atoms with E-state index in [2.05, 4.69) is 35.0 Å². The molecule has 3 aromatic heterocycles. The third-order valence-corrected chi connectivity index (χ3v) is 15.1. The second-order valence-electron chi connectivity index (χ2n) is 21.3. The smallest absolute Gasteiger partial charge is 0.392 e. The van der Waals surface area contributed by atoms with E-state index in [9.17, 15) is 57.8 Å². The van der Waals surface area contributed by atoms with Crippen molar-refractivity contribution in [3.8, 4) is 33.4 Å². The number of carbonyl (C=O) groups is 1. The van der Waals surface area contributed by atoms with E-state index in [-0.39, 0.29) is 12.5 Å². The summed E-state index contributed by atoms with van der Waals surface area (Å²) in [7, 11) is -1.59. The molecule has 22 heteroatoms. The number of alkyl halides is 9. The molecule has 0 bridgehead atoms. The van der Waals surface area contributed by atoms with Crippen LogP contribution in [0.2, 0.25) is 0 Å². The van der Waals surface area contributed by atoms with Gasteiger partial charge in [-0.3, -0.25) is 9.52 Å². The molecule has 5 N–H and O–H groups in total. The van der Waals surface area contributed by atoms with Gasteiger partial charge in [0.15, 0.2) is 0 Å². The fourth-order valence-corrected chi connectivity index (χ4v) is 10.5. The van der Waals surface area contributed by atoms with Crippen molar-refractivity contribution in [2.45, 2.75) is 32.1 Å². The molecule has 3 heterocycles. The zero-order chi connectivity index (χ0) is 66.2. The maximum atomic E-state index is 12.7. The van der Waals surface area contributed by atoms with Crippen molar-refractivity contribution in [3.63, 3.8) is 0 Å². The molecule has 472 valence electrons. The summed E-state index contributed by atoms with van der Waals surface area (Å²) >= 11 is 0. The molecule has 12 nitrogen and oxygen atoms in total. The van der Waals surface area contributed by atoms with E-state index in [1.807, 2.05) is 127 Å². The normalized spacial score (nSPS) is 12.2. The summed E-state index contributed by atoms with van der Waals surface area (Å²) in [6.07, 6.45) is -1.67. The summed E-state index contributed by atoms with van der Waals surface area (Å²) in [5.74, 6) is 1.67. The minimum absolute atomic E-state index is 0.0434. The highest BCUT2D eigenvalue weighted by Gasteiger charge is 2.31. The summed E-state index contributed by atoms with van der Waals surface area (Å²) in [4.78, 5) is 31.5. The predicted octanol–water partition coefficient (Wildman–Crippen LogP) is 18.1. The van der Waals surface area contributed by atoms with Gasteiger partial charge in [-0.05, 0) is 148 Å². The Labute approximate surface area is 527 Å². The number of hydrogen-bond acceptors (Lipinski definition) is 7. The van der Waals surface area contributed by atoms with Crippen LogP contribution in [0.15, 0.2) is 200 Å². The Morgan fingerprint density at radius 3 is 1.37 bits per heavy atom. The Balaban J connectivity index is 0.000000153. The Morgan fingerprint density at radius 2 is 0.903 bits per heavy atom. The molecule has 9 aromatic carbocycles. The SMILES string of the molecule is CC(=O)Nc1ccccc1-c1ccc2nc(/C=C/c3ccc(C(F)(F)F)cc3)[nH]c2c1.Cn1c(/C=C/c2ccc(C(F)(F)F)cc2)nc2cc(-c3ccccc3NS(C)(=O)=O)ccc21.OCc1ccccc1-c1ccc2nc(/C=C/c3ccc(C(F)(F)F)cc3)[nH]c2c1. The van der Waals surface area contributed by atoms with Gasteiger partial charge >= 0.3 is 18.5 Å². The Hall–Kier alpha value is -10.8. The van der Waals surface area contributed by atoms with Crippen molar-refractivity contribution in [1.82, 2.24) is 29.5 Å². The Bertz CT molecular complexity index is 4880. The third kappa shape index (κ3) is 16.6. The van der Waals surface area contributed by atoms with Crippen LogP contribution in [-0.4, -0.2) is 55.2 Å². The molecule has 93 heavy (non-hydrogen) atoms. The number of aromatic nitrogens is 6. The molecule has 0 spiro atoms. The first-order chi connectivity index (χ1) is 44.2. The molecule has 0 aliphatic carbocycles. The number of sulfonamides is 1. The number of nitrogens with one attached hydrogen (secondary N) is 4. The maximum absolute atomic E-state index is 12.7. The lowest BCUT2D eigenvalue weighted by Gasteiger charge is -2.10. The summed E-state index contributed by atoms with van der Waals surface area (Å²) in [5.41, 5.74) is 11.9. The standard InChI is InChI=1S/C24H20F3N3O2S.C24H18F3N3O.C23H17F3N2O/c1-30-22-13-10-17(19-5-3-4-6-20(19)29-33(2,31)32)15-21(22)28-23(30)14-9-16-7-11-18(12-8-16)24(25,26)27;1-15(31)28-20-5-3-2-4-19(20)17-9-12-21-22(14-17)30-23(29-21)13-8-16-6-10-18(11-7-16)24(25,26)27;24-23(25,26)18-9-5-15(6-10-18)7-12-22-27-20-11-8-16(13-21(20)28-22)19-4-2-1-3-17(19)14-29/h3-15,29H,1-2H3;2-14H,1H3,(H,28,31)(H,29,30);1-13,29H,14H2,(H,27,28)/b14-9+;13-8+;12-7+. The van der Waals surface area contributed by atoms with Crippen molar-refractivity contribution < 1.29 is 57.8 Å². The maximum Gasteiger partial charge on any atom is 0.416 e. The number of para-hydroxylation sites is 2. The van der Waals surface area contributed by atoms with Crippen LogP contribution in [0.3, 0.4) is 0 Å². The molecule has 1 amide bonds. The van der Waals surface area contributed by atoms with Crippen LogP contribution in [0.5, 0.6) is 0 Å². The highest BCUT2D eigenvalue weighted by molar-refractivity contribution is 7.92. The van der Waals surface area contributed by atoms with E-state index < -0.39 is 45.2 Å². The van der Waals surface area contributed by atoms with Crippen LogP contribution < -0.4 is 10.0 Å². The van der Waals surface area contributed by atoms with Gasteiger partial charge in [0.1, 0.15) is 17.5 Å². The Kier molecular flexibility index (Phi) is 19.1. The summed E-state index contributed by atoms with van der Waals surface area (Å²) in [6.45, 7) is 1.42. The number of H-pyrrole nitrogens is 2. The largest absolute Gasteiger partial charge is 0.416 e. The molecule has 0 fully saturated rings. The number of carbonyl (C=O) groups excluding carboxylic acids is 1. The number of halogens is 9. The van der Waals surface area contributed by atoms with E-state index in [1.54, 1.807) is 48.6 Å². The van der Waals surface area contributed by atoms with Gasteiger partial charge in [0, 0.05) is 30.8 Å². The number of rotatable bonds is 13. The van der Waals surface area contributed by atoms with Crippen molar-refractivity contribution in [1.29, 1.82) is 0 Å². The topological polar surface area (TPSA) is 171 Å². The number of amides is 1. The molecule has 0 saturated heterocycles. The minimum Gasteiger partial charge on any atom is -0.392 e.